The van der Waals surface area contributed by atoms with E-state index in [0.717, 1.165) is 15.8 Å². The van der Waals surface area contributed by atoms with E-state index < -0.39 is 0 Å². The maximum Gasteiger partial charge on any atom is 0.257 e. The molecule has 1 aromatic carbocycles. The van der Waals surface area contributed by atoms with Gasteiger partial charge in [0, 0.05) is 49.4 Å². The number of fused-ring (bicyclic) bond motifs is 1. The van der Waals surface area contributed by atoms with Crippen molar-refractivity contribution in [1.82, 2.24) is 19.9 Å². The molecule has 4 aromatic rings. The van der Waals surface area contributed by atoms with Gasteiger partial charge in [0.25, 0.3) is 11.8 Å². The van der Waals surface area contributed by atoms with Crippen LogP contribution in [0.25, 0.3) is 21.3 Å². The van der Waals surface area contributed by atoms with Gasteiger partial charge in [-0.2, -0.15) is 0 Å². The lowest BCUT2D eigenvalue weighted by Crippen LogP contribution is -2.21. The molecule has 0 saturated heterocycles. The number of benzene rings is 1. The second kappa shape index (κ2) is 8.49. The summed E-state index contributed by atoms with van der Waals surface area (Å²) in [6.45, 7) is 0. The molecule has 0 saturated carbocycles. The second-order valence-electron chi connectivity index (χ2n) is 6.84. The molecule has 0 aliphatic heterocycles. The highest BCUT2D eigenvalue weighted by molar-refractivity contribution is 7.23. The molecular formula is C22H19N5O3S. The normalized spacial score (nSPS) is 10.7. The highest BCUT2D eigenvalue weighted by Gasteiger charge is 2.18. The number of hydrogen-bond donors (Lipinski definition) is 1. The summed E-state index contributed by atoms with van der Waals surface area (Å²) in [5.41, 5.74) is 3.33. The van der Waals surface area contributed by atoms with Crippen LogP contribution in [-0.2, 0) is 0 Å². The summed E-state index contributed by atoms with van der Waals surface area (Å²) in [6, 6.07) is 10.3. The van der Waals surface area contributed by atoms with Gasteiger partial charge in [-0.25, -0.2) is 9.97 Å². The Morgan fingerprint density at radius 1 is 1.03 bits per heavy atom. The Labute approximate surface area is 182 Å². The monoisotopic (exact) mass is 433 g/mol. The van der Waals surface area contributed by atoms with E-state index in [1.165, 1.54) is 23.3 Å². The number of anilines is 1. The van der Waals surface area contributed by atoms with E-state index in [1.54, 1.807) is 57.0 Å². The Bertz CT molecular complexity index is 1250. The first-order valence-corrected chi connectivity index (χ1v) is 10.2. The third kappa shape index (κ3) is 4.08. The Morgan fingerprint density at radius 3 is 2.35 bits per heavy atom. The zero-order valence-corrected chi connectivity index (χ0v) is 17.9. The molecule has 0 unspecified atom stereocenters. The molecule has 0 spiro atoms. The van der Waals surface area contributed by atoms with Crippen LogP contribution in [-0.4, -0.2) is 52.9 Å². The number of nitrogens with one attached hydrogen (secondary N) is 1. The molecule has 0 radical (unpaired) electrons. The van der Waals surface area contributed by atoms with Gasteiger partial charge in [-0.1, -0.05) is 11.3 Å². The molecule has 156 valence electrons. The van der Waals surface area contributed by atoms with Crippen molar-refractivity contribution in [3.63, 3.8) is 0 Å². The highest BCUT2D eigenvalue weighted by Crippen LogP contribution is 2.38. The van der Waals surface area contributed by atoms with E-state index in [4.69, 9.17) is 4.74 Å². The molecular weight excluding hydrogens is 414 g/mol. The maximum atomic E-state index is 12.7. The largest absolute Gasteiger partial charge is 0.479 e. The van der Waals surface area contributed by atoms with E-state index in [-0.39, 0.29) is 11.8 Å². The van der Waals surface area contributed by atoms with Crippen molar-refractivity contribution >= 4 is 38.5 Å². The minimum absolute atomic E-state index is 0.124. The number of thiazole rings is 1. The molecule has 4 rings (SSSR count). The fourth-order valence-electron chi connectivity index (χ4n) is 3.02. The Hall–Kier alpha value is -3.85. The summed E-state index contributed by atoms with van der Waals surface area (Å²) < 4.78 is 6.20. The number of carbonyl (C=O) groups is 2. The first-order valence-electron chi connectivity index (χ1n) is 9.35. The van der Waals surface area contributed by atoms with E-state index in [9.17, 15) is 9.59 Å². The molecule has 1 N–H and O–H groups in total. The maximum absolute atomic E-state index is 12.7. The van der Waals surface area contributed by atoms with E-state index in [1.807, 2.05) is 12.1 Å². The van der Waals surface area contributed by atoms with Gasteiger partial charge in [0.15, 0.2) is 5.13 Å². The van der Waals surface area contributed by atoms with Crippen molar-refractivity contribution in [3.8, 4) is 17.0 Å². The molecule has 3 heterocycles. The molecule has 9 heteroatoms. The van der Waals surface area contributed by atoms with Crippen LogP contribution in [0.3, 0.4) is 0 Å². The highest BCUT2D eigenvalue weighted by atomic mass is 32.1. The van der Waals surface area contributed by atoms with Gasteiger partial charge in [-0.15, -0.1) is 0 Å². The van der Waals surface area contributed by atoms with Gasteiger partial charge in [-0.05, 0) is 42.0 Å². The van der Waals surface area contributed by atoms with Gasteiger partial charge >= 0.3 is 0 Å². The van der Waals surface area contributed by atoms with Gasteiger partial charge in [-0.3, -0.25) is 19.9 Å². The second-order valence-corrected chi connectivity index (χ2v) is 7.84. The van der Waals surface area contributed by atoms with Gasteiger partial charge in [0.05, 0.1) is 11.8 Å². The Balaban J connectivity index is 1.64. The summed E-state index contributed by atoms with van der Waals surface area (Å²) in [5, 5.41) is 3.25. The summed E-state index contributed by atoms with van der Waals surface area (Å²) in [4.78, 5) is 39.1. The van der Waals surface area contributed by atoms with Crippen LogP contribution < -0.4 is 10.1 Å². The van der Waals surface area contributed by atoms with Crippen LogP contribution >= 0.6 is 11.3 Å². The Kier molecular flexibility index (Phi) is 5.59. The summed E-state index contributed by atoms with van der Waals surface area (Å²) in [5.74, 6) is -0.0576. The lowest BCUT2D eigenvalue weighted by atomic mass is 10.1. The topological polar surface area (TPSA) is 97.3 Å². The lowest BCUT2D eigenvalue weighted by molar-refractivity contribution is 0.0827. The first kappa shape index (κ1) is 20.4. The predicted octanol–water partition coefficient (Wildman–Crippen LogP) is 3.72. The van der Waals surface area contributed by atoms with Crippen LogP contribution in [0.2, 0.25) is 0 Å². The van der Waals surface area contributed by atoms with Crippen LogP contribution in [0, 0.1) is 0 Å². The van der Waals surface area contributed by atoms with Gasteiger partial charge in [0.1, 0.15) is 5.52 Å². The SMILES string of the molecule is COc1ncc(-c2ccncc2)c2sc(NC(=O)c3ccc(C(=O)N(C)C)cc3)nc12. The fraction of sp³-hybridized carbons (Fsp3) is 0.136. The smallest absolute Gasteiger partial charge is 0.257 e. The molecule has 3 aromatic heterocycles. The molecule has 31 heavy (non-hydrogen) atoms. The number of methoxy groups -OCH3 is 1. The molecule has 0 atom stereocenters. The average molecular weight is 433 g/mol. The zero-order valence-electron chi connectivity index (χ0n) is 17.1. The van der Waals surface area contributed by atoms with Crippen molar-refractivity contribution in [2.24, 2.45) is 0 Å². The van der Waals surface area contributed by atoms with E-state index >= 15 is 0 Å². The van der Waals surface area contributed by atoms with Crippen molar-refractivity contribution in [2.45, 2.75) is 0 Å². The molecule has 0 aliphatic rings. The standard InChI is InChI=1S/C22H19N5O3S/c1-27(2)21(29)15-6-4-14(5-7-15)19(28)26-22-25-17-18(31-22)16(12-24-20(17)30-3)13-8-10-23-11-9-13/h4-12H,1-3H3,(H,25,26,28). The van der Waals surface area contributed by atoms with Crippen molar-refractivity contribution in [3.05, 3.63) is 66.1 Å². The van der Waals surface area contributed by atoms with E-state index in [0.29, 0.717) is 27.7 Å². The molecule has 2 amide bonds. The number of pyridine rings is 2. The number of carbonyl (C=O) groups excluding carboxylic acids is 2. The number of amides is 2. The Morgan fingerprint density at radius 2 is 1.71 bits per heavy atom. The minimum atomic E-state index is -0.319. The number of aromatic nitrogens is 3. The summed E-state index contributed by atoms with van der Waals surface area (Å²) in [6.07, 6.45) is 5.14. The number of rotatable bonds is 5. The van der Waals surface area contributed by atoms with Gasteiger partial charge < -0.3 is 9.64 Å². The molecule has 0 bridgehead atoms. The van der Waals surface area contributed by atoms with E-state index in [2.05, 4.69) is 20.3 Å². The first-order chi connectivity index (χ1) is 15.0. The third-order valence-corrected chi connectivity index (χ3v) is 5.59. The molecule has 0 fully saturated rings. The summed E-state index contributed by atoms with van der Waals surface area (Å²) >= 11 is 1.34. The number of nitrogens with zero attached hydrogens (tertiary/aromatic N) is 4. The lowest BCUT2D eigenvalue weighted by Gasteiger charge is -2.10. The predicted molar refractivity (Wildman–Crippen MR) is 120 cm³/mol. The quantitative estimate of drug-likeness (QED) is 0.515. The molecule has 8 nitrogen and oxygen atoms in total. The average Bonchev–Trinajstić information content (AvgIpc) is 3.22. The van der Waals surface area contributed by atoms with Crippen LogP contribution in [0.5, 0.6) is 5.88 Å². The van der Waals surface area contributed by atoms with Crippen molar-refractivity contribution < 1.29 is 14.3 Å². The fourth-order valence-corrected chi connectivity index (χ4v) is 4.01. The minimum Gasteiger partial charge on any atom is -0.479 e. The number of hydrogen-bond acceptors (Lipinski definition) is 7. The van der Waals surface area contributed by atoms with Crippen LogP contribution in [0.15, 0.2) is 55.0 Å². The van der Waals surface area contributed by atoms with Gasteiger partial charge in [0.2, 0.25) is 5.88 Å². The zero-order chi connectivity index (χ0) is 22.0. The summed E-state index contributed by atoms with van der Waals surface area (Å²) in [7, 11) is 4.89. The van der Waals surface area contributed by atoms with Crippen LogP contribution in [0.4, 0.5) is 5.13 Å². The van der Waals surface area contributed by atoms with Crippen LogP contribution in [0.1, 0.15) is 20.7 Å². The molecule has 0 aliphatic carbocycles. The van der Waals surface area contributed by atoms with Crippen molar-refractivity contribution in [1.29, 1.82) is 0 Å². The number of ether oxygens (including phenoxy) is 1. The third-order valence-electron chi connectivity index (χ3n) is 4.59. The van der Waals surface area contributed by atoms with Crippen molar-refractivity contribution in [2.75, 3.05) is 26.5 Å².